The van der Waals surface area contributed by atoms with Crippen molar-refractivity contribution in [2.75, 3.05) is 13.2 Å². The second kappa shape index (κ2) is 10.7. The maximum Gasteiger partial charge on any atom is 0.186 e. The summed E-state index contributed by atoms with van der Waals surface area (Å²) in [5.74, 6) is 0. The molecule has 1 saturated heterocycles. The number of aliphatic hydroxyl groups excluding tert-OH is 2. The van der Waals surface area contributed by atoms with Gasteiger partial charge in [-0.2, -0.15) is 0 Å². The van der Waals surface area contributed by atoms with Crippen LogP contribution in [0.25, 0.3) is 0 Å². The quantitative estimate of drug-likeness (QED) is 0.686. The van der Waals surface area contributed by atoms with Crippen molar-refractivity contribution in [2.45, 2.75) is 50.8 Å². The number of benzene rings is 2. The molecule has 0 saturated carbocycles. The largest absolute Gasteiger partial charge is 0.394 e. The molecular weight excluding hydrogens is 360 g/mol. The first-order valence-corrected chi connectivity index (χ1v) is 9.60. The van der Waals surface area contributed by atoms with Crippen LogP contribution >= 0.6 is 0 Å². The molecule has 0 bridgehead atoms. The SMILES string of the molecule is CCOC1OC(CO)C(O)C(OCc2ccccc2)C1OCc1ccccc1. The minimum Gasteiger partial charge on any atom is -0.394 e. The highest BCUT2D eigenvalue weighted by Crippen LogP contribution is 2.28. The first-order valence-electron chi connectivity index (χ1n) is 9.60. The van der Waals surface area contributed by atoms with Crippen LogP contribution in [0.2, 0.25) is 0 Å². The van der Waals surface area contributed by atoms with E-state index < -0.39 is 30.7 Å². The van der Waals surface area contributed by atoms with Crippen LogP contribution in [0.3, 0.4) is 0 Å². The molecule has 0 aromatic heterocycles. The van der Waals surface area contributed by atoms with Gasteiger partial charge in [-0.15, -0.1) is 0 Å². The van der Waals surface area contributed by atoms with E-state index in [1.807, 2.05) is 67.6 Å². The zero-order chi connectivity index (χ0) is 19.8. The van der Waals surface area contributed by atoms with Crippen molar-refractivity contribution in [1.82, 2.24) is 0 Å². The van der Waals surface area contributed by atoms with Crippen molar-refractivity contribution < 1.29 is 29.2 Å². The lowest BCUT2D eigenvalue weighted by Crippen LogP contribution is -2.60. The lowest BCUT2D eigenvalue weighted by Gasteiger charge is -2.43. The second-order valence-corrected chi connectivity index (χ2v) is 6.69. The molecule has 5 unspecified atom stereocenters. The van der Waals surface area contributed by atoms with Gasteiger partial charge in [0.2, 0.25) is 0 Å². The van der Waals surface area contributed by atoms with Gasteiger partial charge in [-0.05, 0) is 18.1 Å². The topological polar surface area (TPSA) is 77.4 Å². The minimum atomic E-state index is -1.04. The first-order chi connectivity index (χ1) is 13.7. The molecule has 1 aliphatic rings. The summed E-state index contributed by atoms with van der Waals surface area (Å²) in [7, 11) is 0. The van der Waals surface area contributed by atoms with Gasteiger partial charge >= 0.3 is 0 Å². The van der Waals surface area contributed by atoms with E-state index in [0.29, 0.717) is 19.8 Å². The van der Waals surface area contributed by atoms with E-state index in [9.17, 15) is 10.2 Å². The Kier molecular flexibility index (Phi) is 7.97. The molecule has 1 fully saturated rings. The Balaban J connectivity index is 1.75. The molecule has 0 amide bonds. The lowest BCUT2D eigenvalue weighted by atomic mass is 9.98. The molecular formula is C22H28O6. The van der Waals surface area contributed by atoms with Gasteiger partial charge in [0.15, 0.2) is 6.29 Å². The third-order valence-corrected chi connectivity index (χ3v) is 4.70. The molecule has 1 heterocycles. The fourth-order valence-corrected chi connectivity index (χ4v) is 3.24. The third-order valence-electron chi connectivity index (χ3n) is 4.70. The molecule has 3 rings (SSSR count). The first kappa shape index (κ1) is 20.9. The zero-order valence-electron chi connectivity index (χ0n) is 16.0. The third kappa shape index (κ3) is 5.38. The van der Waals surface area contributed by atoms with Crippen LogP contribution < -0.4 is 0 Å². The number of ether oxygens (including phenoxy) is 4. The van der Waals surface area contributed by atoms with Crippen LogP contribution in [-0.2, 0) is 32.2 Å². The average Bonchev–Trinajstić information content (AvgIpc) is 2.74. The molecule has 2 aromatic carbocycles. The maximum absolute atomic E-state index is 10.7. The summed E-state index contributed by atoms with van der Waals surface area (Å²) in [5.41, 5.74) is 1.98. The molecule has 0 aliphatic carbocycles. The maximum atomic E-state index is 10.7. The Bertz CT molecular complexity index is 636. The Hall–Kier alpha value is -1.80. The molecule has 2 aromatic rings. The van der Waals surface area contributed by atoms with Crippen LogP contribution in [0.15, 0.2) is 60.7 Å². The summed E-state index contributed by atoms with van der Waals surface area (Å²) in [6, 6.07) is 19.5. The Morgan fingerprint density at radius 1 is 0.821 bits per heavy atom. The highest BCUT2D eigenvalue weighted by molar-refractivity contribution is 5.14. The Morgan fingerprint density at radius 3 is 1.86 bits per heavy atom. The van der Waals surface area contributed by atoms with Crippen LogP contribution in [0.1, 0.15) is 18.1 Å². The summed E-state index contributed by atoms with van der Waals surface area (Å²) >= 11 is 0. The lowest BCUT2D eigenvalue weighted by molar-refractivity contribution is -0.318. The number of aliphatic hydroxyl groups is 2. The summed E-state index contributed by atoms with van der Waals surface area (Å²) in [6.45, 7) is 2.58. The smallest absolute Gasteiger partial charge is 0.186 e. The molecule has 0 radical (unpaired) electrons. The van der Waals surface area contributed by atoms with Crippen molar-refractivity contribution in [3.05, 3.63) is 71.8 Å². The van der Waals surface area contributed by atoms with E-state index in [2.05, 4.69) is 0 Å². The molecule has 152 valence electrons. The van der Waals surface area contributed by atoms with E-state index in [1.165, 1.54) is 0 Å². The summed E-state index contributed by atoms with van der Waals surface area (Å²) in [5, 5.41) is 20.3. The molecule has 1 aliphatic heterocycles. The molecule has 28 heavy (non-hydrogen) atoms. The molecule has 6 nitrogen and oxygen atoms in total. The van der Waals surface area contributed by atoms with E-state index in [4.69, 9.17) is 18.9 Å². The van der Waals surface area contributed by atoms with Crippen LogP contribution in [0, 0.1) is 0 Å². The van der Waals surface area contributed by atoms with E-state index in [0.717, 1.165) is 11.1 Å². The van der Waals surface area contributed by atoms with E-state index >= 15 is 0 Å². The van der Waals surface area contributed by atoms with Gasteiger partial charge < -0.3 is 29.2 Å². The van der Waals surface area contributed by atoms with Crippen LogP contribution in [0.4, 0.5) is 0 Å². The fourth-order valence-electron chi connectivity index (χ4n) is 3.24. The van der Waals surface area contributed by atoms with Gasteiger partial charge in [-0.3, -0.25) is 0 Å². The Labute approximate surface area is 165 Å². The van der Waals surface area contributed by atoms with E-state index in [1.54, 1.807) is 0 Å². The fraction of sp³-hybridized carbons (Fsp3) is 0.455. The minimum absolute atomic E-state index is 0.310. The Morgan fingerprint density at radius 2 is 1.36 bits per heavy atom. The predicted molar refractivity (Wildman–Crippen MR) is 103 cm³/mol. The zero-order valence-corrected chi connectivity index (χ0v) is 16.0. The predicted octanol–water partition coefficient (Wildman–Crippen LogP) is 2.27. The number of rotatable bonds is 9. The van der Waals surface area contributed by atoms with Crippen LogP contribution in [-0.4, -0.2) is 54.1 Å². The number of hydrogen-bond acceptors (Lipinski definition) is 6. The van der Waals surface area contributed by atoms with Gasteiger partial charge in [-0.25, -0.2) is 0 Å². The van der Waals surface area contributed by atoms with Gasteiger partial charge in [0.25, 0.3) is 0 Å². The van der Waals surface area contributed by atoms with Crippen molar-refractivity contribution >= 4 is 0 Å². The summed E-state index contributed by atoms with van der Waals surface area (Å²) in [4.78, 5) is 0. The van der Waals surface area contributed by atoms with Crippen molar-refractivity contribution in [3.8, 4) is 0 Å². The standard InChI is InChI=1S/C22H28O6/c1-2-25-22-21(27-15-17-11-7-4-8-12-17)20(19(24)18(13-23)28-22)26-14-16-9-5-3-6-10-16/h3-12,18-24H,2,13-15H2,1H3. The van der Waals surface area contributed by atoms with E-state index in [-0.39, 0.29) is 6.61 Å². The van der Waals surface area contributed by atoms with Gasteiger partial charge in [0, 0.05) is 6.61 Å². The van der Waals surface area contributed by atoms with Gasteiger partial charge in [-0.1, -0.05) is 60.7 Å². The second-order valence-electron chi connectivity index (χ2n) is 6.69. The summed E-state index contributed by atoms with van der Waals surface area (Å²) < 4.78 is 23.6. The van der Waals surface area contributed by atoms with Gasteiger partial charge in [0.1, 0.15) is 24.4 Å². The van der Waals surface area contributed by atoms with Crippen molar-refractivity contribution in [3.63, 3.8) is 0 Å². The monoisotopic (exact) mass is 388 g/mol. The molecule has 2 N–H and O–H groups in total. The molecule has 0 spiro atoms. The number of hydrogen-bond donors (Lipinski definition) is 2. The van der Waals surface area contributed by atoms with Crippen molar-refractivity contribution in [1.29, 1.82) is 0 Å². The molecule has 6 heteroatoms. The van der Waals surface area contributed by atoms with Gasteiger partial charge in [0.05, 0.1) is 19.8 Å². The average molecular weight is 388 g/mol. The normalized spacial score (nSPS) is 27.6. The van der Waals surface area contributed by atoms with Crippen LogP contribution in [0.5, 0.6) is 0 Å². The highest BCUT2D eigenvalue weighted by Gasteiger charge is 2.47. The van der Waals surface area contributed by atoms with Crippen molar-refractivity contribution in [2.24, 2.45) is 0 Å². The summed E-state index contributed by atoms with van der Waals surface area (Å²) in [6.07, 6.45) is -3.91. The highest BCUT2D eigenvalue weighted by atomic mass is 16.7. The molecule has 5 atom stereocenters.